The summed E-state index contributed by atoms with van der Waals surface area (Å²) in [5.41, 5.74) is 4.17. The van der Waals surface area contributed by atoms with Gasteiger partial charge in [-0.25, -0.2) is 0 Å². The maximum Gasteiger partial charge on any atom is 0.244 e. The maximum absolute atomic E-state index is 11.8. The Balaban J connectivity index is 1.88. The largest absolute Gasteiger partial charge is 0.387 e. The van der Waals surface area contributed by atoms with E-state index in [9.17, 15) is 9.90 Å². The van der Waals surface area contributed by atoms with Gasteiger partial charge >= 0.3 is 0 Å². The number of nitrogens with one attached hydrogen (secondary N) is 1. The molecule has 0 saturated carbocycles. The zero-order valence-corrected chi connectivity index (χ0v) is 13.0. The van der Waals surface area contributed by atoms with E-state index in [4.69, 9.17) is 0 Å². The summed E-state index contributed by atoms with van der Waals surface area (Å²) in [5, 5.41) is 16.4. The van der Waals surface area contributed by atoms with Gasteiger partial charge in [0.2, 0.25) is 5.91 Å². The minimum absolute atomic E-state index is 0.205. The molecule has 0 bridgehead atoms. The van der Waals surface area contributed by atoms with Gasteiger partial charge in [0.25, 0.3) is 0 Å². The number of aliphatic hydroxyl groups is 1. The van der Waals surface area contributed by atoms with Gasteiger partial charge < -0.3 is 10.4 Å². The zero-order valence-electron chi connectivity index (χ0n) is 12.2. The Bertz CT molecular complexity index is 612. The van der Waals surface area contributed by atoms with Crippen molar-refractivity contribution in [2.24, 2.45) is 0 Å². The molecule has 110 valence electrons. The number of aryl methyl sites for hydroxylation is 2. The molecule has 0 spiro atoms. The average molecular weight is 301 g/mol. The molecule has 3 nitrogen and oxygen atoms in total. The van der Waals surface area contributed by atoms with Crippen molar-refractivity contribution in [1.82, 2.24) is 5.32 Å². The van der Waals surface area contributed by atoms with Crippen LogP contribution in [0.25, 0.3) is 6.08 Å². The second-order valence-electron chi connectivity index (χ2n) is 5.07. The summed E-state index contributed by atoms with van der Waals surface area (Å²) in [5.74, 6) is -0.205. The highest BCUT2D eigenvalue weighted by Gasteiger charge is 2.08. The number of amides is 1. The number of carbonyl (C=O) groups excluding carboxylic acids is 1. The lowest BCUT2D eigenvalue weighted by molar-refractivity contribution is -0.116. The molecule has 2 rings (SSSR count). The van der Waals surface area contributed by atoms with Crippen LogP contribution in [0.3, 0.4) is 0 Å². The molecule has 0 saturated heterocycles. The third-order valence-corrected chi connectivity index (χ3v) is 3.77. The van der Waals surface area contributed by atoms with Crippen LogP contribution in [-0.2, 0) is 4.79 Å². The van der Waals surface area contributed by atoms with E-state index < -0.39 is 6.10 Å². The molecule has 1 heterocycles. The van der Waals surface area contributed by atoms with Gasteiger partial charge in [-0.1, -0.05) is 29.3 Å². The van der Waals surface area contributed by atoms with Gasteiger partial charge in [0.05, 0.1) is 6.10 Å². The fraction of sp³-hybridized carbons (Fsp3) is 0.235. The predicted octanol–water partition coefficient (Wildman–Crippen LogP) is 3.23. The fourth-order valence-electron chi connectivity index (χ4n) is 2.12. The number of carbonyl (C=O) groups is 1. The van der Waals surface area contributed by atoms with Crippen molar-refractivity contribution in [3.63, 3.8) is 0 Å². The summed E-state index contributed by atoms with van der Waals surface area (Å²) in [6.07, 6.45) is 2.62. The second-order valence-corrected chi connectivity index (χ2v) is 5.85. The zero-order chi connectivity index (χ0) is 15.2. The van der Waals surface area contributed by atoms with Gasteiger partial charge in [-0.05, 0) is 47.9 Å². The van der Waals surface area contributed by atoms with Crippen LogP contribution in [-0.4, -0.2) is 17.6 Å². The van der Waals surface area contributed by atoms with Crippen molar-refractivity contribution in [2.75, 3.05) is 6.54 Å². The standard InChI is InChI=1S/C17H19NO2S/c1-12-7-13(2)9-14(8-12)3-4-17(20)18-10-16(19)15-5-6-21-11-15/h3-9,11,16,19H,10H2,1-2H3,(H,18,20)/b4-3+. The van der Waals surface area contributed by atoms with E-state index in [2.05, 4.69) is 11.4 Å². The van der Waals surface area contributed by atoms with Crippen LogP contribution >= 0.6 is 11.3 Å². The molecule has 0 aliphatic heterocycles. The van der Waals surface area contributed by atoms with Crippen LogP contribution < -0.4 is 5.32 Å². The van der Waals surface area contributed by atoms with Gasteiger partial charge in [0.1, 0.15) is 0 Å². The average Bonchev–Trinajstić information content (AvgIpc) is 2.95. The third-order valence-electron chi connectivity index (χ3n) is 3.07. The maximum atomic E-state index is 11.8. The number of thiophene rings is 1. The molecular weight excluding hydrogens is 282 g/mol. The lowest BCUT2D eigenvalue weighted by Crippen LogP contribution is -2.26. The molecule has 1 aromatic heterocycles. The van der Waals surface area contributed by atoms with Crippen molar-refractivity contribution >= 4 is 23.3 Å². The molecule has 0 fully saturated rings. The van der Waals surface area contributed by atoms with E-state index in [1.54, 1.807) is 6.08 Å². The highest BCUT2D eigenvalue weighted by Crippen LogP contribution is 2.15. The first-order chi connectivity index (χ1) is 10.0. The summed E-state index contributed by atoms with van der Waals surface area (Å²) in [6, 6.07) is 8.00. The Morgan fingerprint density at radius 2 is 2.05 bits per heavy atom. The predicted molar refractivity (Wildman–Crippen MR) is 87.2 cm³/mol. The minimum atomic E-state index is -0.658. The molecule has 1 atom stereocenters. The molecule has 2 N–H and O–H groups in total. The van der Waals surface area contributed by atoms with Crippen LogP contribution in [0.15, 0.2) is 41.1 Å². The van der Waals surface area contributed by atoms with Gasteiger partial charge in [-0.2, -0.15) is 11.3 Å². The summed E-state index contributed by atoms with van der Waals surface area (Å²) in [4.78, 5) is 11.8. The number of aliphatic hydroxyl groups excluding tert-OH is 1. The van der Waals surface area contributed by atoms with E-state index in [0.29, 0.717) is 0 Å². The van der Waals surface area contributed by atoms with E-state index in [1.807, 2.05) is 42.8 Å². The molecule has 1 amide bonds. The minimum Gasteiger partial charge on any atom is -0.387 e. The first-order valence-corrected chi connectivity index (χ1v) is 7.73. The highest BCUT2D eigenvalue weighted by molar-refractivity contribution is 7.07. The molecule has 0 radical (unpaired) electrons. The Hall–Kier alpha value is -1.91. The molecule has 1 aromatic carbocycles. The first-order valence-electron chi connectivity index (χ1n) is 6.79. The van der Waals surface area contributed by atoms with Crippen molar-refractivity contribution in [2.45, 2.75) is 20.0 Å². The summed E-state index contributed by atoms with van der Waals surface area (Å²) in [7, 11) is 0. The summed E-state index contributed by atoms with van der Waals surface area (Å²) >= 11 is 1.53. The molecule has 1 unspecified atom stereocenters. The summed E-state index contributed by atoms with van der Waals surface area (Å²) < 4.78 is 0. The molecule has 4 heteroatoms. The molecule has 2 aromatic rings. The van der Waals surface area contributed by atoms with Crippen LogP contribution in [0.1, 0.15) is 28.4 Å². The van der Waals surface area contributed by atoms with Gasteiger partial charge in [-0.15, -0.1) is 0 Å². The normalized spacial score (nSPS) is 12.5. The lowest BCUT2D eigenvalue weighted by Gasteiger charge is -2.08. The Morgan fingerprint density at radius 3 is 2.67 bits per heavy atom. The molecule has 0 aliphatic carbocycles. The number of hydrogen-bond donors (Lipinski definition) is 2. The molecule has 21 heavy (non-hydrogen) atoms. The molecular formula is C17H19NO2S. The third kappa shape index (κ3) is 4.85. The van der Waals surface area contributed by atoms with Crippen LogP contribution in [0.2, 0.25) is 0 Å². The van der Waals surface area contributed by atoms with Crippen molar-refractivity contribution in [3.8, 4) is 0 Å². The van der Waals surface area contributed by atoms with Crippen molar-refractivity contribution in [3.05, 3.63) is 63.4 Å². The first kappa shape index (κ1) is 15.5. The van der Waals surface area contributed by atoms with Gasteiger partial charge in [0, 0.05) is 12.6 Å². The Morgan fingerprint density at radius 1 is 1.33 bits per heavy atom. The van der Waals surface area contributed by atoms with Crippen molar-refractivity contribution < 1.29 is 9.90 Å². The fourth-order valence-corrected chi connectivity index (χ4v) is 2.82. The Kier molecular flexibility index (Phi) is 5.31. The van der Waals surface area contributed by atoms with Crippen LogP contribution in [0, 0.1) is 13.8 Å². The molecule has 0 aliphatic rings. The topological polar surface area (TPSA) is 49.3 Å². The van der Waals surface area contributed by atoms with Gasteiger partial charge in [-0.3, -0.25) is 4.79 Å². The highest BCUT2D eigenvalue weighted by atomic mass is 32.1. The number of benzene rings is 1. The van der Waals surface area contributed by atoms with Crippen LogP contribution in [0.5, 0.6) is 0 Å². The Labute approximate surface area is 128 Å². The summed E-state index contributed by atoms with van der Waals surface area (Å²) in [6.45, 7) is 4.27. The van der Waals surface area contributed by atoms with E-state index >= 15 is 0 Å². The SMILES string of the molecule is Cc1cc(C)cc(/C=C/C(=O)NCC(O)c2ccsc2)c1. The lowest BCUT2D eigenvalue weighted by atomic mass is 10.1. The van der Waals surface area contributed by atoms with Gasteiger partial charge in [0.15, 0.2) is 0 Å². The smallest absolute Gasteiger partial charge is 0.244 e. The van der Waals surface area contributed by atoms with Crippen LogP contribution in [0.4, 0.5) is 0 Å². The van der Waals surface area contributed by atoms with E-state index in [-0.39, 0.29) is 12.5 Å². The quantitative estimate of drug-likeness (QED) is 0.833. The second kappa shape index (κ2) is 7.20. The number of hydrogen-bond acceptors (Lipinski definition) is 3. The van der Waals surface area contributed by atoms with Crippen molar-refractivity contribution in [1.29, 1.82) is 0 Å². The van der Waals surface area contributed by atoms with E-state index in [1.165, 1.54) is 28.5 Å². The number of rotatable bonds is 5. The van der Waals surface area contributed by atoms with E-state index in [0.717, 1.165) is 11.1 Å². The monoisotopic (exact) mass is 301 g/mol.